The van der Waals surface area contributed by atoms with Gasteiger partial charge in [-0.2, -0.15) is 0 Å². The maximum absolute atomic E-state index is 5.31. The number of hydrogen-bond donors (Lipinski definition) is 2. The fourth-order valence-corrected chi connectivity index (χ4v) is 2.52. The van der Waals surface area contributed by atoms with E-state index in [4.69, 9.17) is 4.74 Å². The molecular formula is C15H31N3O. The topological polar surface area (TPSA) is 45.6 Å². The summed E-state index contributed by atoms with van der Waals surface area (Å²) in [7, 11) is 1.83. The molecule has 0 saturated heterocycles. The van der Waals surface area contributed by atoms with E-state index in [0.717, 1.165) is 50.5 Å². The van der Waals surface area contributed by atoms with Gasteiger partial charge >= 0.3 is 0 Å². The molecule has 112 valence electrons. The summed E-state index contributed by atoms with van der Waals surface area (Å²) in [6.07, 6.45) is 6.50. The molecule has 0 aromatic rings. The molecular weight excluding hydrogens is 238 g/mol. The molecule has 0 aliphatic heterocycles. The van der Waals surface area contributed by atoms with Crippen LogP contribution in [-0.4, -0.2) is 39.3 Å². The molecule has 0 heterocycles. The largest absolute Gasteiger partial charge is 0.382 e. The van der Waals surface area contributed by atoms with Gasteiger partial charge in [-0.3, -0.25) is 4.99 Å². The van der Waals surface area contributed by atoms with Gasteiger partial charge in [0.1, 0.15) is 0 Å². The molecule has 4 heteroatoms. The van der Waals surface area contributed by atoms with Crippen molar-refractivity contribution < 1.29 is 4.74 Å². The normalized spacial score (nSPS) is 24.3. The van der Waals surface area contributed by atoms with E-state index in [0.29, 0.717) is 0 Å². The zero-order valence-electron chi connectivity index (χ0n) is 12.9. The Kier molecular flexibility index (Phi) is 8.63. The van der Waals surface area contributed by atoms with Crippen LogP contribution in [0.4, 0.5) is 0 Å². The van der Waals surface area contributed by atoms with Gasteiger partial charge < -0.3 is 15.4 Å². The number of guanidine groups is 1. The van der Waals surface area contributed by atoms with Crippen LogP contribution in [-0.2, 0) is 4.74 Å². The lowest BCUT2D eigenvalue weighted by molar-refractivity contribution is 0.145. The molecule has 0 amide bonds. The third kappa shape index (κ3) is 7.41. The summed E-state index contributed by atoms with van der Waals surface area (Å²) in [5.41, 5.74) is 0. The lowest BCUT2D eigenvalue weighted by Crippen LogP contribution is -2.40. The van der Waals surface area contributed by atoms with E-state index in [1.807, 2.05) is 14.0 Å². The van der Waals surface area contributed by atoms with Crippen molar-refractivity contribution in [1.82, 2.24) is 10.6 Å². The lowest BCUT2D eigenvalue weighted by Gasteiger charge is -2.26. The minimum Gasteiger partial charge on any atom is -0.382 e. The van der Waals surface area contributed by atoms with Gasteiger partial charge in [0.25, 0.3) is 0 Å². The first-order valence-corrected chi connectivity index (χ1v) is 7.78. The molecule has 0 aromatic heterocycles. The van der Waals surface area contributed by atoms with Crippen molar-refractivity contribution in [3.05, 3.63) is 0 Å². The molecule has 0 unspecified atom stereocenters. The molecule has 4 nitrogen and oxygen atoms in total. The van der Waals surface area contributed by atoms with Crippen LogP contribution in [0, 0.1) is 11.8 Å². The van der Waals surface area contributed by atoms with Crippen LogP contribution in [0.25, 0.3) is 0 Å². The second-order valence-electron chi connectivity index (χ2n) is 5.56. The van der Waals surface area contributed by atoms with E-state index in [1.54, 1.807) is 0 Å². The number of nitrogens with zero attached hydrogens (tertiary/aromatic N) is 1. The molecule has 1 saturated carbocycles. The Morgan fingerprint density at radius 1 is 1.21 bits per heavy atom. The van der Waals surface area contributed by atoms with Crippen LogP contribution in [0.2, 0.25) is 0 Å². The smallest absolute Gasteiger partial charge is 0.190 e. The lowest BCUT2D eigenvalue weighted by atomic mass is 9.83. The molecule has 1 aliphatic carbocycles. The standard InChI is InChI=1S/C15H31N3O/c1-4-19-11-5-10-17-15(16-3)18-12-14-8-6-13(2)7-9-14/h13-14H,4-12H2,1-3H3,(H2,16,17,18). The summed E-state index contributed by atoms with van der Waals surface area (Å²) in [5.74, 6) is 2.67. The van der Waals surface area contributed by atoms with Crippen LogP contribution in [0.15, 0.2) is 4.99 Å². The summed E-state index contributed by atoms with van der Waals surface area (Å²) in [5, 5.41) is 6.78. The average Bonchev–Trinajstić information content (AvgIpc) is 2.44. The summed E-state index contributed by atoms with van der Waals surface area (Å²) >= 11 is 0. The second kappa shape index (κ2) is 10.1. The summed E-state index contributed by atoms with van der Waals surface area (Å²) in [6, 6.07) is 0. The Morgan fingerprint density at radius 3 is 2.58 bits per heavy atom. The fourth-order valence-electron chi connectivity index (χ4n) is 2.52. The van der Waals surface area contributed by atoms with Crippen molar-refractivity contribution >= 4 is 5.96 Å². The fraction of sp³-hybridized carbons (Fsp3) is 0.933. The molecule has 0 bridgehead atoms. The molecule has 0 atom stereocenters. The SMILES string of the molecule is CCOCCCNC(=NC)NCC1CCC(C)CC1. The third-order valence-corrected chi connectivity index (χ3v) is 3.88. The van der Waals surface area contributed by atoms with Gasteiger partial charge in [-0.1, -0.05) is 19.8 Å². The van der Waals surface area contributed by atoms with E-state index in [9.17, 15) is 0 Å². The molecule has 0 radical (unpaired) electrons. The van der Waals surface area contributed by atoms with E-state index in [-0.39, 0.29) is 0 Å². The Morgan fingerprint density at radius 2 is 1.95 bits per heavy atom. The first-order chi connectivity index (χ1) is 9.26. The van der Waals surface area contributed by atoms with Crippen molar-refractivity contribution in [2.45, 2.75) is 46.0 Å². The first-order valence-electron chi connectivity index (χ1n) is 7.78. The molecule has 0 aromatic carbocycles. The highest BCUT2D eigenvalue weighted by Crippen LogP contribution is 2.27. The van der Waals surface area contributed by atoms with Gasteiger partial charge in [0.2, 0.25) is 0 Å². The molecule has 1 aliphatic rings. The summed E-state index contributed by atoms with van der Waals surface area (Å²) < 4.78 is 5.31. The minimum absolute atomic E-state index is 0.799. The molecule has 2 N–H and O–H groups in total. The van der Waals surface area contributed by atoms with Crippen molar-refractivity contribution in [3.8, 4) is 0 Å². The van der Waals surface area contributed by atoms with Crippen molar-refractivity contribution in [3.63, 3.8) is 0 Å². The van der Waals surface area contributed by atoms with Gasteiger partial charge in [0.05, 0.1) is 0 Å². The highest BCUT2D eigenvalue weighted by molar-refractivity contribution is 5.79. The van der Waals surface area contributed by atoms with Crippen LogP contribution < -0.4 is 10.6 Å². The molecule has 19 heavy (non-hydrogen) atoms. The monoisotopic (exact) mass is 269 g/mol. The molecule has 1 fully saturated rings. The van der Waals surface area contributed by atoms with Crippen LogP contribution in [0.1, 0.15) is 46.0 Å². The van der Waals surface area contributed by atoms with E-state index in [1.165, 1.54) is 25.7 Å². The van der Waals surface area contributed by atoms with Crippen LogP contribution in [0.5, 0.6) is 0 Å². The average molecular weight is 269 g/mol. The second-order valence-corrected chi connectivity index (χ2v) is 5.56. The van der Waals surface area contributed by atoms with Crippen LogP contribution in [0.3, 0.4) is 0 Å². The number of hydrogen-bond acceptors (Lipinski definition) is 2. The van der Waals surface area contributed by atoms with Crippen molar-refractivity contribution in [2.75, 3.05) is 33.4 Å². The molecule has 1 rings (SSSR count). The van der Waals surface area contributed by atoms with Gasteiger partial charge in [0, 0.05) is 33.4 Å². The van der Waals surface area contributed by atoms with Crippen molar-refractivity contribution in [1.29, 1.82) is 0 Å². The van der Waals surface area contributed by atoms with Gasteiger partial charge in [-0.25, -0.2) is 0 Å². The quantitative estimate of drug-likeness (QED) is 0.424. The minimum atomic E-state index is 0.799. The zero-order valence-corrected chi connectivity index (χ0v) is 12.9. The third-order valence-electron chi connectivity index (χ3n) is 3.88. The Hall–Kier alpha value is -0.770. The summed E-state index contributed by atoms with van der Waals surface area (Å²) in [6.45, 7) is 7.98. The van der Waals surface area contributed by atoms with E-state index in [2.05, 4.69) is 22.5 Å². The zero-order chi connectivity index (χ0) is 13.9. The summed E-state index contributed by atoms with van der Waals surface area (Å²) in [4.78, 5) is 4.26. The van der Waals surface area contributed by atoms with Crippen molar-refractivity contribution in [2.24, 2.45) is 16.8 Å². The predicted molar refractivity (Wildman–Crippen MR) is 81.6 cm³/mol. The Labute approximate surface area is 118 Å². The van der Waals surface area contributed by atoms with Gasteiger partial charge in [-0.15, -0.1) is 0 Å². The number of nitrogens with one attached hydrogen (secondary N) is 2. The van der Waals surface area contributed by atoms with Gasteiger partial charge in [0.15, 0.2) is 5.96 Å². The van der Waals surface area contributed by atoms with E-state index < -0.39 is 0 Å². The number of ether oxygens (including phenoxy) is 1. The van der Waals surface area contributed by atoms with E-state index >= 15 is 0 Å². The highest BCUT2D eigenvalue weighted by atomic mass is 16.5. The maximum Gasteiger partial charge on any atom is 0.190 e. The Bertz CT molecular complexity index is 248. The molecule has 0 spiro atoms. The van der Waals surface area contributed by atoms with Crippen LogP contribution >= 0.6 is 0 Å². The number of rotatable bonds is 7. The van der Waals surface area contributed by atoms with Gasteiger partial charge in [-0.05, 0) is 38.0 Å². The highest BCUT2D eigenvalue weighted by Gasteiger charge is 2.18. The maximum atomic E-state index is 5.31. The number of aliphatic imine (C=N–C) groups is 1. The predicted octanol–water partition coefficient (Wildman–Crippen LogP) is 2.40. The Balaban J connectivity index is 2.08. The first kappa shape index (κ1) is 16.3.